The highest BCUT2D eigenvalue weighted by Crippen LogP contribution is 2.31. The number of Topliss-reactive ketones (excluding diaryl/α,β-unsaturated/α-hetero) is 1. The number of carbonyl (C=O) groups is 2. The second-order valence-electron chi connectivity index (χ2n) is 8.02. The van der Waals surface area contributed by atoms with Gasteiger partial charge in [0.2, 0.25) is 0 Å². The van der Waals surface area contributed by atoms with Gasteiger partial charge in [0.1, 0.15) is 0 Å². The predicted molar refractivity (Wildman–Crippen MR) is 122 cm³/mol. The third-order valence-electron chi connectivity index (χ3n) is 5.65. The average molecular weight is 410 g/mol. The fourth-order valence-corrected chi connectivity index (χ4v) is 3.95. The lowest BCUT2D eigenvalue weighted by molar-refractivity contribution is -0.140. The van der Waals surface area contributed by atoms with Crippen LogP contribution in [0.1, 0.15) is 81.1 Å². The molecule has 2 aromatic carbocycles. The Bertz CT molecular complexity index is 803. The summed E-state index contributed by atoms with van der Waals surface area (Å²) in [5.74, 6) is -0.122. The van der Waals surface area contributed by atoms with E-state index in [1.165, 1.54) is 12.7 Å². The van der Waals surface area contributed by atoms with Crippen molar-refractivity contribution in [2.75, 3.05) is 7.11 Å². The first-order valence-electron chi connectivity index (χ1n) is 11.0. The minimum atomic E-state index is -0.258. The second-order valence-corrected chi connectivity index (χ2v) is 8.02. The molecule has 0 amide bonds. The normalized spacial score (nSPS) is 11.3. The van der Waals surface area contributed by atoms with Crippen LogP contribution in [0.3, 0.4) is 0 Å². The Morgan fingerprint density at radius 1 is 0.833 bits per heavy atom. The van der Waals surface area contributed by atoms with Crippen molar-refractivity contribution in [2.45, 2.75) is 70.8 Å². The zero-order valence-electron chi connectivity index (χ0n) is 18.6. The Hall–Kier alpha value is -2.46. The van der Waals surface area contributed by atoms with E-state index in [2.05, 4.69) is 42.8 Å². The van der Waals surface area contributed by atoms with Crippen LogP contribution < -0.4 is 5.73 Å². The largest absolute Gasteiger partial charge is 0.469 e. The first-order valence-corrected chi connectivity index (χ1v) is 11.0. The van der Waals surface area contributed by atoms with E-state index in [0.717, 1.165) is 36.8 Å². The minimum Gasteiger partial charge on any atom is -0.469 e. The number of benzene rings is 2. The first-order chi connectivity index (χ1) is 14.4. The maximum atomic E-state index is 12.4. The summed E-state index contributed by atoms with van der Waals surface area (Å²) in [5.41, 5.74) is 10.5. The van der Waals surface area contributed by atoms with Crippen molar-refractivity contribution in [3.8, 4) is 11.1 Å². The number of ether oxygens (including phenoxy) is 1. The second kappa shape index (κ2) is 11.7. The molecule has 162 valence electrons. The lowest BCUT2D eigenvalue weighted by Crippen LogP contribution is -2.36. The van der Waals surface area contributed by atoms with Gasteiger partial charge in [-0.1, -0.05) is 75.2 Å². The van der Waals surface area contributed by atoms with E-state index in [9.17, 15) is 9.59 Å². The van der Waals surface area contributed by atoms with E-state index in [-0.39, 0.29) is 17.3 Å². The summed E-state index contributed by atoms with van der Waals surface area (Å²) in [6.45, 7) is 4.35. The lowest BCUT2D eigenvalue weighted by atomic mass is 9.82. The number of hydrogen-bond donors (Lipinski definition) is 1. The highest BCUT2D eigenvalue weighted by molar-refractivity contribution is 5.96. The van der Waals surface area contributed by atoms with Crippen LogP contribution >= 0.6 is 0 Å². The highest BCUT2D eigenvalue weighted by Gasteiger charge is 2.25. The third-order valence-corrected chi connectivity index (χ3v) is 5.65. The van der Waals surface area contributed by atoms with Crippen LogP contribution in [-0.2, 0) is 15.1 Å². The van der Waals surface area contributed by atoms with Crippen LogP contribution in [0, 0.1) is 0 Å². The number of methoxy groups -OCH3 is 1. The molecule has 2 N–H and O–H groups in total. The van der Waals surface area contributed by atoms with E-state index in [1.54, 1.807) is 0 Å². The van der Waals surface area contributed by atoms with Gasteiger partial charge in [-0.3, -0.25) is 9.59 Å². The molecule has 0 radical (unpaired) electrons. The van der Waals surface area contributed by atoms with E-state index in [1.807, 2.05) is 24.3 Å². The van der Waals surface area contributed by atoms with Crippen molar-refractivity contribution in [2.24, 2.45) is 5.73 Å². The molecule has 0 bridgehead atoms. The Kier molecular flexibility index (Phi) is 9.25. The maximum Gasteiger partial charge on any atom is 0.305 e. The summed E-state index contributed by atoms with van der Waals surface area (Å²) in [6, 6.07) is 16.3. The fourth-order valence-electron chi connectivity index (χ4n) is 3.95. The molecule has 0 saturated heterocycles. The molecule has 4 nitrogen and oxygen atoms in total. The van der Waals surface area contributed by atoms with E-state index in [4.69, 9.17) is 5.73 Å². The van der Waals surface area contributed by atoms with Crippen LogP contribution in [0.4, 0.5) is 0 Å². The number of hydrogen-bond acceptors (Lipinski definition) is 4. The van der Waals surface area contributed by atoms with E-state index >= 15 is 0 Å². The highest BCUT2D eigenvalue weighted by atomic mass is 16.5. The number of rotatable bonds is 12. The summed E-state index contributed by atoms with van der Waals surface area (Å²) in [7, 11) is 1.38. The zero-order valence-corrected chi connectivity index (χ0v) is 18.6. The molecule has 0 atom stereocenters. The topological polar surface area (TPSA) is 69.4 Å². The molecule has 30 heavy (non-hydrogen) atoms. The van der Waals surface area contributed by atoms with Gasteiger partial charge in [-0.05, 0) is 42.4 Å². The molecule has 4 heteroatoms. The van der Waals surface area contributed by atoms with Gasteiger partial charge in [0, 0.05) is 23.9 Å². The standard InChI is InChI=1S/C26H35NO3/c1-4-18-26(27,19-5-2)23-16-14-21(15-17-23)20-10-12-22(13-11-20)24(28)8-6-7-9-25(29)30-3/h10-17H,4-9,18-19,27H2,1-3H3. The molecule has 0 spiro atoms. The van der Waals surface area contributed by atoms with Crippen LogP contribution in [0.15, 0.2) is 48.5 Å². The van der Waals surface area contributed by atoms with Crippen molar-refractivity contribution >= 4 is 11.8 Å². The average Bonchev–Trinajstić information content (AvgIpc) is 2.77. The van der Waals surface area contributed by atoms with Crippen LogP contribution in [0.5, 0.6) is 0 Å². The Balaban J connectivity index is 2.00. The predicted octanol–water partition coefficient (Wildman–Crippen LogP) is 6.02. The number of unbranched alkanes of at least 4 members (excludes halogenated alkanes) is 1. The molecule has 0 aliphatic rings. The van der Waals surface area contributed by atoms with Gasteiger partial charge in [-0.15, -0.1) is 0 Å². The van der Waals surface area contributed by atoms with Crippen molar-refractivity contribution < 1.29 is 14.3 Å². The molecule has 0 heterocycles. The number of carbonyl (C=O) groups excluding carboxylic acids is 2. The number of ketones is 1. The van der Waals surface area contributed by atoms with Gasteiger partial charge in [-0.2, -0.15) is 0 Å². The van der Waals surface area contributed by atoms with Crippen molar-refractivity contribution in [3.63, 3.8) is 0 Å². The van der Waals surface area contributed by atoms with E-state index in [0.29, 0.717) is 31.2 Å². The summed E-state index contributed by atoms with van der Waals surface area (Å²) in [4.78, 5) is 23.5. The van der Waals surface area contributed by atoms with Crippen LogP contribution in [0.2, 0.25) is 0 Å². The molecular weight excluding hydrogens is 374 g/mol. The van der Waals surface area contributed by atoms with Gasteiger partial charge in [0.05, 0.1) is 7.11 Å². The minimum absolute atomic E-state index is 0.105. The summed E-state index contributed by atoms with van der Waals surface area (Å²) in [6.07, 6.45) is 6.26. The summed E-state index contributed by atoms with van der Waals surface area (Å²) >= 11 is 0. The third kappa shape index (κ3) is 6.53. The molecular formula is C26H35NO3. The quantitative estimate of drug-likeness (QED) is 0.264. The number of esters is 1. The molecule has 2 aromatic rings. The molecule has 0 unspecified atom stereocenters. The molecule has 0 saturated carbocycles. The molecule has 0 aromatic heterocycles. The van der Waals surface area contributed by atoms with Crippen LogP contribution in [-0.4, -0.2) is 18.9 Å². The monoisotopic (exact) mass is 409 g/mol. The van der Waals surface area contributed by atoms with E-state index < -0.39 is 0 Å². The van der Waals surface area contributed by atoms with Gasteiger partial charge in [0.25, 0.3) is 0 Å². The molecule has 0 fully saturated rings. The molecule has 0 aliphatic heterocycles. The smallest absolute Gasteiger partial charge is 0.305 e. The molecule has 2 rings (SSSR count). The fraction of sp³-hybridized carbons (Fsp3) is 0.462. The van der Waals surface area contributed by atoms with Gasteiger partial charge >= 0.3 is 5.97 Å². The molecule has 0 aliphatic carbocycles. The van der Waals surface area contributed by atoms with Crippen LogP contribution in [0.25, 0.3) is 11.1 Å². The Labute approximate surface area is 180 Å². The first kappa shape index (κ1) is 23.8. The van der Waals surface area contributed by atoms with Crippen molar-refractivity contribution in [1.29, 1.82) is 0 Å². The number of nitrogens with two attached hydrogens (primary N) is 1. The van der Waals surface area contributed by atoms with Crippen molar-refractivity contribution in [3.05, 3.63) is 59.7 Å². The Morgan fingerprint density at radius 3 is 1.83 bits per heavy atom. The summed E-state index contributed by atoms with van der Waals surface area (Å²) < 4.78 is 4.62. The van der Waals surface area contributed by atoms with Gasteiger partial charge < -0.3 is 10.5 Å². The van der Waals surface area contributed by atoms with Gasteiger partial charge in [-0.25, -0.2) is 0 Å². The lowest BCUT2D eigenvalue weighted by Gasteiger charge is -2.29. The van der Waals surface area contributed by atoms with Crippen molar-refractivity contribution in [1.82, 2.24) is 0 Å². The summed E-state index contributed by atoms with van der Waals surface area (Å²) in [5, 5.41) is 0. The maximum absolute atomic E-state index is 12.4. The zero-order chi connectivity index (χ0) is 22.0. The Morgan fingerprint density at radius 2 is 1.33 bits per heavy atom. The SMILES string of the molecule is CCCC(N)(CCC)c1ccc(-c2ccc(C(=O)CCCCC(=O)OC)cc2)cc1. The van der Waals surface area contributed by atoms with Gasteiger partial charge in [0.15, 0.2) is 5.78 Å².